The second-order valence-corrected chi connectivity index (χ2v) is 4.75. The van der Waals surface area contributed by atoms with Crippen molar-refractivity contribution in [2.45, 2.75) is 26.3 Å². The Balaban J connectivity index is 3.16. The molecule has 0 spiro atoms. The van der Waals surface area contributed by atoms with Crippen molar-refractivity contribution in [2.24, 2.45) is 0 Å². The summed E-state index contributed by atoms with van der Waals surface area (Å²) >= 11 is 0. The van der Waals surface area contributed by atoms with Crippen LogP contribution in [0.5, 0.6) is 0 Å². The lowest BCUT2D eigenvalue weighted by Crippen LogP contribution is -2.50. The Bertz CT molecular complexity index is 495. The molecule has 0 saturated carbocycles. The van der Waals surface area contributed by atoms with Gasteiger partial charge in [0.2, 0.25) is 0 Å². The molecule has 0 atom stereocenters. The quantitative estimate of drug-likeness (QED) is 0.796. The number of carbonyl (C=O) groups is 2. The monoisotopic (exact) mass is 250 g/mol. The van der Waals surface area contributed by atoms with E-state index < -0.39 is 11.5 Å². The number of anilines is 1. The van der Waals surface area contributed by atoms with Gasteiger partial charge in [-0.1, -0.05) is 6.07 Å². The number of hydrogen-bond acceptors (Lipinski definition) is 3. The maximum atomic E-state index is 12.3. The third-order valence-corrected chi connectivity index (χ3v) is 3.27. The maximum Gasteiger partial charge on any atom is 0.329 e. The molecule has 0 saturated heterocycles. The molecule has 5 nitrogen and oxygen atoms in total. The van der Waals surface area contributed by atoms with Crippen molar-refractivity contribution in [2.75, 3.05) is 12.8 Å². The van der Waals surface area contributed by atoms with Gasteiger partial charge < -0.3 is 15.7 Å². The molecule has 3 N–H and O–H groups in total. The van der Waals surface area contributed by atoms with Crippen LogP contribution >= 0.6 is 0 Å². The van der Waals surface area contributed by atoms with Gasteiger partial charge in [0.1, 0.15) is 5.54 Å². The highest BCUT2D eigenvalue weighted by atomic mass is 16.4. The number of carboxylic acids is 1. The summed E-state index contributed by atoms with van der Waals surface area (Å²) in [5.41, 5.74) is 6.07. The number of carboxylic acid groups (broad SMARTS) is 1. The van der Waals surface area contributed by atoms with E-state index in [9.17, 15) is 9.59 Å². The van der Waals surface area contributed by atoms with Crippen LogP contribution in [0.15, 0.2) is 18.2 Å². The van der Waals surface area contributed by atoms with Crippen LogP contribution in [0.3, 0.4) is 0 Å². The van der Waals surface area contributed by atoms with Crippen LogP contribution in [0.25, 0.3) is 0 Å². The summed E-state index contributed by atoms with van der Waals surface area (Å²) in [6, 6.07) is 5.02. The Morgan fingerprint density at radius 1 is 1.33 bits per heavy atom. The second kappa shape index (κ2) is 4.68. The molecule has 0 aliphatic heterocycles. The molecule has 0 unspecified atom stereocenters. The minimum atomic E-state index is -1.27. The highest BCUT2D eigenvalue weighted by Gasteiger charge is 2.35. The zero-order chi connectivity index (χ0) is 14.1. The first-order valence-electron chi connectivity index (χ1n) is 5.56. The molecule has 1 amide bonds. The molecule has 0 heterocycles. The van der Waals surface area contributed by atoms with E-state index in [0.717, 1.165) is 0 Å². The summed E-state index contributed by atoms with van der Waals surface area (Å²) in [6.07, 6.45) is 0. The standard InChI is InChI=1S/C13H18N2O3/c1-8-9(6-5-7-10(8)14)11(16)15(4)13(2,3)12(17)18/h5-7H,14H2,1-4H3,(H,17,18). The lowest BCUT2D eigenvalue weighted by atomic mass is 10.00. The number of rotatable bonds is 3. The Hall–Kier alpha value is -2.04. The van der Waals surface area contributed by atoms with Crippen LogP contribution in [0.2, 0.25) is 0 Å². The summed E-state index contributed by atoms with van der Waals surface area (Å²) in [4.78, 5) is 24.6. The lowest BCUT2D eigenvalue weighted by molar-refractivity contribution is -0.147. The van der Waals surface area contributed by atoms with Crippen LogP contribution < -0.4 is 5.73 Å². The van der Waals surface area contributed by atoms with E-state index >= 15 is 0 Å². The Morgan fingerprint density at radius 3 is 2.39 bits per heavy atom. The highest BCUT2D eigenvalue weighted by Crippen LogP contribution is 2.21. The van der Waals surface area contributed by atoms with Gasteiger partial charge in [-0.05, 0) is 38.5 Å². The van der Waals surface area contributed by atoms with Crippen molar-refractivity contribution < 1.29 is 14.7 Å². The van der Waals surface area contributed by atoms with Crippen LogP contribution in [-0.2, 0) is 4.79 Å². The average molecular weight is 250 g/mol. The summed E-state index contributed by atoms with van der Waals surface area (Å²) in [5, 5.41) is 9.11. The van der Waals surface area contributed by atoms with Crippen molar-refractivity contribution in [3.63, 3.8) is 0 Å². The summed E-state index contributed by atoms with van der Waals surface area (Å²) < 4.78 is 0. The molecular formula is C13H18N2O3. The normalized spacial score (nSPS) is 11.1. The van der Waals surface area contributed by atoms with Crippen molar-refractivity contribution in [1.29, 1.82) is 0 Å². The van der Waals surface area contributed by atoms with E-state index in [4.69, 9.17) is 10.8 Å². The number of nitrogen functional groups attached to an aromatic ring is 1. The molecule has 0 bridgehead atoms. The van der Waals surface area contributed by atoms with Gasteiger partial charge in [-0.25, -0.2) is 4.79 Å². The predicted molar refractivity (Wildman–Crippen MR) is 69.4 cm³/mol. The molecule has 5 heteroatoms. The van der Waals surface area contributed by atoms with Crippen molar-refractivity contribution in [3.8, 4) is 0 Å². The molecule has 98 valence electrons. The first-order chi connectivity index (χ1) is 8.19. The van der Waals surface area contributed by atoms with Gasteiger partial charge in [-0.2, -0.15) is 0 Å². The SMILES string of the molecule is Cc1c(N)cccc1C(=O)N(C)C(C)(C)C(=O)O. The molecule has 0 aromatic heterocycles. The Kier molecular flexibility index (Phi) is 3.65. The molecule has 0 aliphatic carbocycles. The van der Waals surface area contributed by atoms with Crippen molar-refractivity contribution in [1.82, 2.24) is 4.90 Å². The fraction of sp³-hybridized carbons (Fsp3) is 0.385. The number of likely N-dealkylation sites (N-methyl/N-ethyl adjacent to an activating group) is 1. The summed E-state index contributed by atoms with van der Waals surface area (Å²) in [6.45, 7) is 4.70. The zero-order valence-corrected chi connectivity index (χ0v) is 11.0. The number of nitrogens with zero attached hydrogens (tertiary/aromatic N) is 1. The Morgan fingerprint density at radius 2 is 1.89 bits per heavy atom. The fourth-order valence-electron chi connectivity index (χ4n) is 1.46. The maximum absolute atomic E-state index is 12.3. The number of nitrogens with two attached hydrogens (primary N) is 1. The first kappa shape index (κ1) is 14.0. The Labute approximate surface area is 106 Å². The van der Waals surface area contributed by atoms with Crippen LogP contribution in [-0.4, -0.2) is 34.5 Å². The predicted octanol–water partition coefficient (Wildman–Crippen LogP) is 1.51. The molecule has 1 aromatic rings. The van der Waals surface area contributed by atoms with E-state index in [1.165, 1.54) is 25.8 Å². The number of hydrogen-bond donors (Lipinski definition) is 2. The lowest BCUT2D eigenvalue weighted by Gasteiger charge is -2.32. The topological polar surface area (TPSA) is 83.6 Å². The van der Waals surface area contributed by atoms with Gasteiger partial charge in [0.05, 0.1) is 0 Å². The zero-order valence-electron chi connectivity index (χ0n) is 11.0. The van der Waals surface area contributed by atoms with Crippen LogP contribution in [0.4, 0.5) is 5.69 Å². The van der Waals surface area contributed by atoms with Crippen LogP contribution in [0, 0.1) is 6.92 Å². The highest BCUT2D eigenvalue weighted by molar-refractivity contribution is 5.99. The van der Waals surface area contributed by atoms with E-state index in [1.54, 1.807) is 25.1 Å². The van der Waals surface area contributed by atoms with E-state index in [1.807, 2.05) is 0 Å². The number of aliphatic carboxylic acids is 1. The third-order valence-electron chi connectivity index (χ3n) is 3.27. The molecular weight excluding hydrogens is 232 g/mol. The summed E-state index contributed by atoms with van der Waals surface area (Å²) in [7, 11) is 1.47. The van der Waals surface area contributed by atoms with Gasteiger partial charge in [-0.3, -0.25) is 4.79 Å². The second-order valence-electron chi connectivity index (χ2n) is 4.75. The van der Waals surface area contributed by atoms with E-state index in [0.29, 0.717) is 16.8 Å². The van der Waals surface area contributed by atoms with E-state index in [2.05, 4.69) is 0 Å². The number of carbonyl (C=O) groups excluding carboxylic acids is 1. The number of benzene rings is 1. The van der Waals surface area contributed by atoms with Crippen molar-refractivity contribution in [3.05, 3.63) is 29.3 Å². The average Bonchev–Trinajstić information content (AvgIpc) is 2.30. The third kappa shape index (κ3) is 2.30. The molecule has 1 rings (SSSR count). The van der Waals surface area contributed by atoms with Crippen molar-refractivity contribution >= 4 is 17.6 Å². The van der Waals surface area contributed by atoms with Gasteiger partial charge in [0.25, 0.3) is 5.91 Å². The van der Waals surface area contributed by atoms with Crippen LogP contribution in [0.1, 0.15) is 29.8 Å². The minimum Gasteiger partial charge on any atom is -0.480 e. The molecule has 0 fully saturated rings. The van der Waals surface area contributed by atoms with E-state index in [-0.39, 0.29) is 5.91 Å². The fourth-order valence-corrected chi connectivity index (χ4v) is 1.46. The number of amides is 1. The molecule has 0 aliphatic rings. The smallest absolute Gasteiger partial charge is 0.329 e. The van der Waals surface area contributed by atoms with Gasteiger partial charge in [0.15, 0.2) is 0 Å². The molecule has 0 radical (unpaired) electrons. The largest absolute Gasteiger partial charge is 0.480 e. The van der Waals surface area contributed by atoms with Gasteiger partial charge in [-0.15, -0.1) is 0 Å². The van der Waals surface area contributed by atoms with Gasteiger partial charge in [0, 0.05) is 18.3 Å². The molecule has 18 heavy (non-hydrogen) atoms. The molecule has 1 aromatic carbocycles. The minimum absolute atomic E-state index is 0.354. The first-order valence-corrected chi connectivity index (χ1v) is 5.56. The van der Waals surface area contributed by atoms with Gasteiger partial charge >= 0.3 is 5.97 Å². The summed E-state index contributed by atoms with van der Waals surface area (Å²) in [5.74, 6) is -1.41.